The molecular formula is C18H24N4O3. The van der Waals surface area contributed by atoms with Crippen LogP contribution in [0.25, 0.3) is 0 Å². The van der Waals surface area contributed by atoms with Crippen molar-refractivity contribution in [2.45, 2.75) is 30.7 Å². The Kier molecular flexibility index (Phi) is 4.33. The van der Waals surface area contributed by atoms with Gasteiger partial charge in [0.2, 0.25) is 5.91 Å². The first-order chi connectivity index (χ1) is 12.2. The predicted molar refractivity (Wildman–Crippen MR) is 91.1 cm³/mol. The standard InChI is InChI=1S/C18H24N4O3/c23-16-12-15(14-2-1-5-19-13-14)18(20-16)3-6-21(7-4-18)17(24)22-8-10-25-11-9-22/h1-2,5,13,15H,3-4,6-12H2,(H,20,23)/t15-/m1/s1. The highest BCUT2D eigenvalue weighted by Gasteiger charge is 2.49. The van der Waals surface area contributed by atoms with Gasteiger partial charge in [0.1, 0.15) is 0 Å². The van der Waals surface area contributed by atoms with Gasteiger partial charge in [-0.05, 0) is 24.5 Å². The SMILES string of the molecule is O=C1C[C@H](c2cccnc2)C2(CCN(C(=O)N3CCOCC3)CC2)N1. The fourth-order valence-electron chi connectivity index (χ4n) is 4.34. The summed E-state index contributed by atoms with van der Waals surface area (Å²) >= 11 is 0. The number of pyridine rings is 1. The maximum absolute atomic E-state index is 12.7. The topological polar surface area (TPSA) is 74.8 Å². The predicted octanol–water partition coefficient (Wildman–Crippen LogP) is 0.972. The van der Waals surface area contributed by atoms with Crippen LogP contribution in [0, 0.1) is 0 Å². The Morgan fingerprint density at radius 1 is 1.20 bits per heavy atom. The number of nitrogens with zero attached hydrogens (tertiary/aromatic N) is 3. The summed E-state index contributed by atoms with van der Waals surface area (Å²) in [5, 5.41) is 3.22. The normalized spacial score (nSPS) is 25.9. The lowest BCUT2D eigenvalue weighted by molar-refractivity contribution is -0.120. The van der Waals surface area contributed by atoms with Gasteiger partial charge in [0.25, 0.3) is 0 Å². The number of amides is 3. The molecule has 1 aromatic rings. The zero-order valence-electron chi connectivity index (χ0n) is 14.3. The molecule has 3 fully saturated rings. The average molecular weight is 344 g/mol. The molecule has 4 rings (SSSR count). The molecular weight excluding hydrogens is 320 g/mol. The highest BCUT2D eigenvalue weighted by Crippen LogP contribution is 2.43. The van der Waals surface area contributed by atoms with Crippen LogP contribution < -0.4 is 5.32 Å². The number of carbonyl (C=O) groups is 2. The molecule has 0 radical (unpaired) electrons. The minimum Gasteiger partial charge on any atom is -0.378 e. The van der Waals surface area contributed by atoms with Crippen LogP contribution in [0.5, 0.6) is 0 Å². The van der Waals surface area contributed by atoms with Gasteiger partial charge in [-0.2, -0.15) is 0 Å². The monoisotopic (exact) mass is 344 g/mol. The molecule has 3 amide bonds. The van der Waals surface area contributed by atoms with Crippen LogP contribution in [-0.4, -0.2) is 71.7 Å². The number of hydrogen-bond acceptors (Lipinski definition) is 4. The molecule has 134 valence electrons. The van der Waals surface area contributed by atoms with Crippen molar-refractivity contribution < 1.29 is 14.3 Å². The van der Waals surface area contributed by atoms with Gasteiger partial charge < -0.3 is 19.9 Å². The number of hydrogen-bond donors (Lipinski definition) is 1. The Morgan fingerprint density at radius 3 is 2.60 bits per heavy atom. The van der Waals surface area contributed by atoms with Crippen LogP contribution in [0.3, 0.4) is 0 Å². The molecule has 0 unspecified atom stereocenters. The van der Waals surface area contributed by atoms with Crippen molar-refractivity contribution in [3.63, 3.8) is 0 Å². The van der Waals surface area contributed by atoms with Gasteiger partial charge in [0, 0.05) is 50.9 Å². The number of likely N-dealkylation sites (tertiary alicyclic amines) is 1. The molecule has 3 aliphatic heterocycles. The third kappa shape index (κ3) is 3.08. The largest absolute Gasteiger partial charge is 0.378 e. The molecule has 7 nitrogen and oxygen atoms in total. The quantitative estimate of drug-likeness (QED) is 0.824. The van der Waals surface area contributed by atoms with Gasteiger partial charge in [-0.1, -0.05) is 6.07 Å². The summed E-state index contributed by atoms with van der Waals surface area (Å²) < 4.78 is 5.32. The van der Waals surface area contributed by atoms with Crippen molar-refractivity contribution in [3.8, 4) is 0 Å². The maximum Gasteiger partial charge on any atom is 0.320 e. The number of ether oxygens (including phenoxy) is 1. The summed E-state index contributed by atoms with van der Waals surface area (Å²) in [5.41, 5.74) is 0.857. The van der Waals surface area contributed by atoms with Crippen molar-refractivity contribution in [2.24, 2.45) is 0 Å². The van der Waals surface area contributed by atoms with E-state index in [1.165, 1.54) is 0 Å². The van der Waals surface area contributed by atoms with Gasteiger partial charge in [-0.3, -0.25) is 9.78 Å². The Hall–Kier alpha value is -2.15. The second kappa shape index (κ2) is 6.63. The van der Waals surface area contributed by atoms with Gasteiger partial charge in [0.05, 0.1) is 18.8 Å². The fraction of sp³-hybridized carbons (Fsp3) is 0.611. The molecule has 1 spiro atoms. The molecule has 0 saturated carbocycles. The van der Waals surface area contributed by atoms with Gasteiger partial charge in [0.15, 0.2) is 0 Å². The molecule has 0 bridgehead atoms. The van der Waals surface area contributed by atoms with Crippen LogP contribution in [0.2, 0.25) is 0 Å². The van der Waals surface area contributed by atoms with E-state index in [-0.39, 0.29) is 23.4 Å². The van der Waals surface area contributed by atoms with E-state index in [4.69, 9.17) is 4.74 Å². The van der Waals surface area contributed by atoms with E-state index in [1.807, 2.05) is 28.1 Å². The number of carbonyl (C=O) groups excluding carboxylic acids is 2. The third-order valence-corrected chi connectivity index (χ3v) is 5.74. The minimum atomic E-state index is -0.248. The summed E-state index contributed by atoms with van der Waals surface area (Å²) in [5.74, 6) is 0.233. The second-order valence-electron chi connectivity index (χ2n) is 7.12. The summed E-state index contributed by atoms with van der Waals surface area (Å²) in [7, 11) is 0. The molecule has 1 aromatic heterocycles. The van der Waals surface area contributed by atoms with E-state index in [2.05, 4.69) is 10.3 Å². The van der Waals surface area contributed by atoms with Gasteiger partial charge in [-0.15, -0.1) is 0 Å². The molecule has 0 aliphatic carbocycles. The van der Waals surface area contributed by atoms with Crippen LogP contribution in [0.4, 0.5) is 4.79 Å². The van der Waals surface area contributed by atoms with Crippen molar-refractivity contribution >= 4 is 11.9 Å². The zero-order valence-corrected chi connectivity index (χ0v) is 14.3. The summed E-state index contributed by atoms with van der Waals surface area (Å²) in [6.45, 7) is 3.90. The smallest absolute Gasteiger partial charge is 0.320 e. The van der Waals surface area contributed by atoms with Crippen molar-refractivity contribution in [1.29, 1.82) is 0 Å². The van der Waals surface area contributed by atoms with E-state index in [0.717, 1.165) is 18.4 Å². The Labute approximate surface area is 147 Å². The fourth-order valence-corrected chi connectivity index (χ4v) is 4.34. The lowest BCUT2D eigenvalue weighted by Gasteiger charge is -2.44. The second-order valence-corrected chi connectivity index (χ2v) is 7.12. The van der Waals surface area contributed by atoms with Crippen molar-refractivity contribution in [3.05, 3.63) is 30.1 Å². The van der Waals surface area contributed by atoms with Crippen LogP contribution in [0.15, 0.2) is 24.5 Å². The first-order valence-corrected chi connectivity index (χ1v) is 9.00. The number of nitrogens with one attached hydrogen (secondary N) is 1. The van der Waals surface area contributed by atoms with E-state index >= 15 is 0 Å². The lowest BCUT2D eigenvalue weighted by Crippen LogP contribution is -2.57. The molecule has 1 N–H and O–H groups in total. The van der Waals surface area contributed by atoms with E-state index in [1.54, 1.807) is 6.20 Å². The summed E-state index contributed by atoms with van der Waals surface area (Å²) in [6.07, 6.45) is 5.69. The molecule has 3 aliphatic rings. The highest BCUT2D eigenvalue weighted by molar-refractivity contribution is 5.81. The van der Waals surface area contributed by atoms with Crippen molar-refractivity contribution in [1.82, 2.24) is 20.1 Å². The zero-order chi connectivity index (χ0) is 17.3. The number of rotatable bonds is 1. The Morgan fingerprint density at radius 2 is 1.92 bits per heavy atom. The Bertz CT molecular complexity index is 637. The number of aromatic nitrogens is 1. The lowest BCUT2D eigenvalue weighted by atomic mass is 9.75. The average Bonchev–Trinajstić information content (AvgIpc) is 2.99. The molecule has 1 atom stereocenters. The maximum atomic E-state index is 12.7. The summed E-state index contributed by atoms with van der Waals surface area (Å²) in [6, 6.07) is 4.06. The first kappa shape index (κ1) is 16.3. The first-order valence-electron chi connectivity index (χ1n) is 9.00. The van der Waals surface area contributed by atoms with Crippen LogP contribution in [0.1, 0.15) is 30.7 Å². The van der Waals surface area contributed by atoms with Crippen LogP contribution in [-0.2, 0) is 9.53 Å². The third-order valence-electron chi connectivity index (χ3n) is 5.74. The molecule has 3 saturated heterocycles. The molecule has 25 heavy (non-hydrogen) atoms. The summed E-state index contributed by atoms with van der Waals surface area (Å²) in [4.78, 5) is 32.8. The molecule has 4 heterocycles. The van der Waals surface area contributed by atoms with E-state index in [9.17, 15) is 9.59 Å². The molecule has 0 aromatic carbocycles. The van der Waals surface area contributed by atoms with Crippen molar-refractivity contribution in [2.75, 3.05) is 39.4 Å². The highest BCUT2D eigenvalue weighted by atomic mass is 16.5. The van der Waals surface area contributed by atoms with E-state index < -0.39 is 0 Å². The number of piperidine rings is 1. The number of morpholine rings is 1. The van der Waals surface area contributed by atoms with Gasteiger partial charge >= 0.3 is 6.03 Å². The Balaban J connectivity index is 1.46. The minimum absolute atomic E-state index is 0.0976. The van der Waals surface area contributed by atoms with E-state index in [0.29, 0.717) is 45.8 Å². The van der Waals surface area contributed by atoms with Gasteiger partial charge in [-0.25, -0.2) is 4.79 Å². The van der Waals surface area contributed by atoms with Crippen LogP contribution >= 0.6 is 0 Å². The molecule has 7 heteroatoms. The number of urea groups is 1.